The van der Waals surface area contributed by atoms with Crippen LogP contribution in [0.2, 0.25) is 5.02 Å². The number of aromatic nitrogens is 3. The van der Waals surface area contributed by atoms with Crippen LogP contribution in [-0.2, 0) is 11.3 Å². The molecule has 0 bridgehead atoms. The Hall–Kier alpha value is -3.30. The van der Waals surface area contributed by atoms with Crippen LogP contribution >= 0.6 is 22.9 Å². The summed E-state index contributed by atoms with van der Waals surface area (Å²) in [4.78, 5) is 23.7. The first-order chi connectivity index (χ1) is 16.6. The SMILES string of the molecule is CCOc1ccc(OCC(=O)N(CCCn2ccnc2)c2nc3c(OC)ccc(Cl)c3s2)cc1. The Bertz CT molecular complexity index is 1230. The lowest BCUT2D eigenvalue weighted by Crippen LogP contribution is -2.36. The molecule has 1 amide bonds. The molecule has 0 aliphatic rings. The summed E-state index contributed by atoms with van der Waals surface area (Å²) >= 11 is 7.76. The topological polar surface area (TPSA) is 78.7 Å². The highest BCUT2D eigenvalue weighted by atomic mass is 35.5. The van der Waals surface area contributed by atoms with E-state index in [1.165, 1.54) is 11.3 Å². The van der Waals surface area contributed by atoms with Crippen molar-refractivity contribution in [3.05, 3.63) is 60.1 Å². The Balaban J connectivity index is 1.52. The van der Waals surface area contributed by atoms with Crippen LogP contribution in [0.1, 0.15) is 13.3 Å². The maximum atomic E-state index is 13.3. The average molecular weight is 501 g/mol. The summed E-state index contributed by atoms with van der Waals surface area (Å²) in [7, 11) is 1.58. The summed E-state index contributed by atoms with van der Waals surface area (Å²) in [6, 6.07) is 10.7. The largest absolute Gasteiger partial charge is 0.494 e. The van der Waals surface area contributed by atoms with E-state index >= 15 is 0 Å². The van der Waals surface area contributed by atoms with Crippen LogP contribution in [0.25, 0.3) is 10.2 Å². The zero-order valence-corrected chi connectivity index (χ0v) is 20.5. The second-order valence-corrected chi connectivity index (χ2v) is 8.70. The number of thiazole rings is 1. The van der Waals surface area contributed by atoms with Crippen molar-refractivity contribution in [2.24, 2.45) is 0 Å². The quantitative estimate of drug-likeness (QED) is 0.286. The van der Waals surface area contributed by atoms with Crippen LogP contribution in [0.15, 0.2) is 55.1 Å². The number of hydrogen-bond donors (Lipinski definition) is 0. The molecule has 2 heterocycles. The van der Waals surface area contributed by atoms with Gasteiger partial charge in [0.05, 0.1) is 29.8 Å². The van der Waals surface area contributed by atoms with E-state index < -0.39 is 0 Å². The van der Waals surface area contributed by atoms with Crippen LogP contribution < -0.4 is 19.1 Å². The number of anilines is 1. The Labute approximate surface area is 206 Å². The van der Waals surface area contributed by atoms with E-state index in [1.807, 2.05) is 29.8 Å². The lowest BCUT2D eigenvalue weighted by molar-refractivity contribution is -0.120. The molecule has 10 heteroatoms. The summed E-state index contributed by atoms with van der Waals surface area (Å²) in [5.41, 5.74) is 0.634. The summed E-state index contributed by atoms with van der Waals surface area (Å²) in [6.45, 7) is 3.57. The van der Waals surface area contributed by atoms with Crippen molar-refractivity contribution in [2.45, 2.75) is 19.9 Å². The molecule has 4 aromatic rings. The first-order valence-electron chi connectivity index (χ1n) is 10.8. The highest BCUT2D eigenvalue weighted by Crippen LogP contribution is 2.38. The van der Waals surface area contributed by atoms with Gasteiger partial charge < -0.3 is 18.8 Å². The van der Waals surface area contributed by atoms with Gasteiger partial charge in [-0.15, -0.1) is 0 Å². The first-order valence-corrected chi connectivity index (χ1v) is 12.0. The lowest BCUT2D eigenvalue weighted by Gasteiger charge is -2.20. The number of hydrogen-bond acceptors (Lipinski definition) is 7. The number of imidazole rings is 1. The molecule has 0 aliphatic carbocycles. The number of methoxy groups -OCH3 is 1. The number of carbonyl (C=O) groups excluding carboxylic acids is 1. The van der Waals surface area contributed by atoms with Gasteiger partial charge in [0.15, 0.2) is 11.7 Å². The molecule has 0 unspecified atom stereocenters. The molecule has 0 N–H and O–H groups in total. The van der Waals surface area contributed by atoms with E-state index in [-0.39, 0.29) is 12.5 Å². The zero-order valence-electron chi connectivity index (χ0n) is 18.9. The molecule has 2 aromatic carbocycles. The number of benzene rings is 2. The average Bonchev–Trinajstić information content (AvgIpc) is 3.52. The van der Waals surface area contributed by atoms with Crippen molar-refractivity contribution in [1.29, 1.82) is 0 Å². The standard InChI is InChI=1S/C24H25ClN4O4S/c1-3-32-17-5-7-18(8-6-17)33-15-21(30)29(13-4-12-28-14-11-26-16-28)24-27-22-20(31-2)10-9-19(25)23(22)34-24/h5-11,14,16H,3-4,12-13,15H2,1-2H3. The predicted molar refractivity (Wildman–Crippen MR) is 133 cm³/mol. The van der Waals surface area contributed by atoms with Crippen LogP contribution in [0.3, 0.4) is 0 Å². The van der Waals surface area contributed by atoms with Crippen LogP contribution in [0.4, 0.5) is 5.13 Å². The van der Waals surface area contributed by atoms with Crippen molar-refractivity contribution in [2.75, 3.05) is 31.8 Å². The number of nitrogens with zero attached hydrogens (tertiary/aromatic N) is 4. The fraction of sp³-hybridized carbons (Fsp3) is 0.292. The monoisotopic (exact) mass is 500 g/mol. The molecule has 34 heavy (non-hydrogen) atoms. The highest BCUT2D eigenvalue weighted by Gasteiger charge is 2.22. The van der Waals surface area contributed by atoms with E-state index in [0.29, 0.717) is 46.7 Å². The van der Waals surface area contributed by atoms with Gasteiger partial charge >= 0.3 is 0 Å². The number of rotatable bonds is 11. The van der Waals surface area contributed by atoms with Gasteiger partial charge in [-0.05, 0) is 49.7 Å². The summed E-state index contributed by atoms with van der Waals surface area (Å²) < 4.78 is 19.4. The smallest absolute Gasteiger partial charge is 0.266 e. The molecule has 0 radical (unpaired) electrons. The zero-order chi connectivity index (χ0) is 23.9. The molecule has 0 saturated heterocycles. The second-order valence-electron chi connectivity index (χ2n) is 7.32. The molecule has 8 nitrogen and oxygen atoms in total. The number of carbonyl (C=O) groups is 1. The van der Waals surface area contributed by atoms with Crippen molar-refractivity contribution in [3.63, 3.8) is 0 Å². The van der Waals surface area contributed by atoms with Gasteiger partial charge in [0, 0.05) is 25.5 Å². The second kappa shape index (κ2) is 11.2. The van der Waals surface area contributed by atoms with Crippen molar-refractivity contribution in [3.8, 4) is 17.2 Å². The molecule has 4 rings (SSSR count). The van der Waals surface area contributed by atoms with Gasteiger partial charge in [-0.2, -0.15) is 0 Å². The number of halogens is 1. The normalized spacial score (nSPS) is 10.9. The minimum atomic E-state index is -0.200. The van der Waals surface area contributed by atoms with Crippen molar-refractivity contribution in [1.82, 2.24) is 14.5 Å². The summed E-state index contributed by atoms with van der Waals surface area (Å²) in [5.74, 6) is 1.75. The number of aryl methyl sites for hydroxylation is 1. The van der Waals surface area contributed by atoms with E-state index in [9.17, 15) is 4.79 Å². The molecule has 0 atom stereocenters. The van der Waals surface area contributed by atoms with Gasteiger partial charge in [0.25, 0.3) is 5.91 Å². The van der Waals surface area contributed by atoms with Gasteiger partial charge in [-0.1, -0.05) is 22.9 Å². The molecule has 0 aliphatic heterocycles. The summed E-state index contributed by atoms with van der Waals surface area (Å²) in [6.07, 6.45) is 6.09. The van der Waals surface area contributed by atoms with E-state index in [0.717, 1.165) is 17.0 Å². The van der Waals surface area contributed by atoms with Gasteiger partial charge in [0.1, 0.15) is 22.8 Å². The Morgan fingerprint density at radius 3 is 2.59 bits per heavy atom. The predicted octanol–water partition coefficient (Wildman–Crippen LogP) is 5.06. The van der Waals surface area contributed by atoms with Crippen LogP contribution in [0.5, 0.6) is 17.2 Å². The third-order valence-electron chi connectivity index (χ3n) is 5.05. The summed E-state index contributed by atoms with van der Waals surface area (Å²) in [5, 5.41) is 1.11. The van der Waals surface area contributed by atoms with Crippen LogP contribution in [-0.4, -0.2) is 47.3 Å². The molecular weight excluding hydrogens is 476 g/mol. The van der Waals surface area contributed by atoms with Crippen molar-refractivity contribution >= 4 is 44.2 Å². The molecule has 178 valence electrons. The third kappa shape index (κ3) is 5.60. The maximum Gasteiger partial charge on any atom is 0.266 e. The van der Waals surface area contributed by atoms with Gasteiger partial charge in [-0.25, -0.2) is 9.97 Å². The van der Waals surface area contributed by atoms with E-state index in [1.54, 1.807) is 48.8 Å². The number of fused-ring (bicyclic) bond motifs is 1. The molecule has 0 fully saturated rings. The minimum absolute atomic E-state index is 0.125. The molecular formula is C24H25ClN4O4S. The third-order valence-corrected chi connectivity index (χ3v) is 6.59. The van der Waals surface area contributed by atoms with E-state index in [2.05, 4.69) is 4.98 Å². The fourth-order valence-electron chi connectivity index (χ4n) is 3.40. The molecule has 2 aromatic heterocycles. The Morgan fingerprint density at radius 2 is 1.91 bits per heavy atom. The fourth-order valence-corrected chi connectivity index (χ4v) is 4.70. The first kappa shape index (κ1) is 23.8. The Morgan fingerprint density at radius 1 is 1.15 bits per heavy atom. The lowest BCUT2D eigenvalue weighted by atomic mass is 10.3. The van der Waals surface area contributed by atoms with Crippen molar-refractivity contribution < 1.29 is 19.0 Å². The number of amides is 1. The van der Waals surface area contributed by atoms with Crippen LogP contribution in [0, 0.1) is 0 Å². The molecule has 0 saturated carbocycles. The van der Waals surface area contributed by atoms with E-state index in [4.69, 9.17) is 30.8 Å². The minimum Gasteiger partial charge on any atom is -0.494 e. The maximum absolute atomic E-state index is 13.3. The van der Waals surface area contributed by atoms with Gasteiger partial charge in [-0.3, -0.25) is 9.69 Å². The molecule has 0 spiro atoms. The highest BCUT2D eigenvalue weighted by molar-refractivity contribution is 7.23. The number of ether oxygens (including phenoxy) is 3. The van der Waals surface area contributed by atoms with Gasteiger partial charge in [0.2, 0.25) is 0 Å². The Kier molecular flexibility index (Phi) is 7.87.